The van der Waals surface area contributed by atoms with Crippen LogP contribution in [0.1, 0.15) is 25.5 Å². The quantitative estimate of drug-likeness (QED) is 0.902. The van der Waals surface area contributed by atoms with Gasteiger partial charge in [-0.2, -0.15) is 5.10 Å². The van der Waals surface area contributed by atoms with E-state index in [0.29, 0.717) is 19.0 Å². The maximum absolute atomic E-state index is 10.9. The maximum atomic E-state index is 10.9. The number of aromatic nitrogens is 3. The fourth-order valence-corrected chi connectivity index (χ4v) is 2.26. The minimum atomic E-state index is -0.737. The van der Waals surface area contributed by atoms with Gasteiger partial charge in [0.25, 0.3) is 0 Å². The molecule has 1 fully saturated rings. The standard InChI is InChI=1S/C13H16N4O2/c1-8(2)10-5-11-12(14-3-4-17(11)15-10)16-6-9(7-16)13(18)19/h3-5,8-9H,6-7H2,1-2H3,(H,18,19). The molecule has 0 amide bonds. The Hall–Kier alpha value is -2.11. The number of anilines is 1. The molecule has 0 spiro atoms. The summed E-state index contributed by atoms with van der Waals surface area (Å²) in [5.41, 5.74) is 1.96. The fourth-order valence-electron chi connectivity index (χ4n) is 2.26. The highest BCUT2D eigenvalue weighted by molar-refractivity contribution is 5.77. The van der Waals surface area contributed by atoms with Gasteiger partial charge < -0.3 is 10.0 Å². The number of rotatable bonds is 3. The summed E-state index contributed by atoms with van der Waals surface area (Å²) in [7, 11) is 0. The zero-order chi connectivity index (χ0) is 13.6. The molecule has 2 aromatic heterocycles. The Bertz CT molecular complexity index is 629. The third kappa shape index (κ3) is 1.93. The molecule has 6 nitrogen and oxygen atoms in total. The van der Waals surface area contributed by atoms with Crippen molar-refractivity contribution in [2.45, 2.75) is 19.8 Å². The van der Waals surface area contributed by atoms with Gasteiger partial charge in [0.15, 0.2) is 5.82 Å². The molecule has 3 rings (SSSR count). The highest BCUT2D eigenvalue weighted by Gasteiger charge is 2.34. The van der Waals surface area contributed by atoms with E-state index < -0.39 is 5.97 Å². The summed E-state index contributed by atoms with van der Waals surface area (Å²) in [6.45, 7) is 5.23. The van der Waals surface area contributed by atoms with Gasteiger partial charge in [0.1, 0.15) is 5.52 Å². The minimum absolute atomic E-state index is 0.283. The summed E-state index contributed by atoms with van der Waals surface area (Å²) in [5, 5.41) is 13.4. The number of carboxylic acid groups (broad SMARTS) is 1. The number of nitrogens with zero attached hydrogens (tertiary/aromatic N) is 4. The van der Waals surface area contributed by atoms with Gasteiger partial charge in [0, 0.05) is 25.5 Å². The van der Waals surface area contributed by atoms with Crippen LogP contribution in [0.2, 0.25) is 0 Å². The van der Waals surface area contributed by atoms with Crippen LogP contribution in [0.5, 0.6) is 0 Å². The molecule has 0 aromatic carbocycles. The molecule has 1 aliphatic heterocycles. The van der Waals surface area contributed by atoms with E-state index >= 15 is 0 Å². The van der Waals surface area contributed by atoms with Crippen molar-refractivity contribution in [3.8, 4) is 0 Å². The summed E-state index contributed by atoms with van der Waals surface area (Å²) in [6, 6.07) is 2.03. The molecule has 2 aromatic rings. The Kier molecular flexibility index (Phi) is 2.66. The predicted molar refractivity (Wildman–Crippen MR) is 70.4 cm³/mol. The van der Waals surface area contributed by atoms with E-state index in [0.717, 1.165) is 17.0 Å². The molecular formula is C13H16N4O2. The van der Waals surface area contributed by atoms with E-state index in [2.05, 4.69) is 23.9 Å². The Balaban J connectivity index is 1.94. The largest absolute Gasteiger partial charge is 0.481 e. The van der Waals surface area contributed by atoms with E-state index in [1.165, 1.54) is 0 Å². The van der Waals surface area contributed by atoms with Crippen LogP contribution in [-0.4, -0.2) is 38.8 Å². The number of carboxylic acids is 1. The molecule has 0 bridgehead atoms. The van der Waals surface area contributed by atoms with Gasteiger partial charge in [-0.15, -0.1) is 0 Å². The van der Waals surface area contributed by atoms with Crippen LogP contribution in [-0.2, 0) is 4.79 Å². The van der Waals surface area contributed by atoms with Crippen molar-refractivity contribution in [3.05, 3.63) is 24.2 Å². The smallest absolute Gasteiger partial charge is 0.310 e. The summed E-state index contributed by atoms with van der Waals surface area (Å²) < 4.78 is 1.81. The molecule has 19 heavy (non-hydrogen) atoms. The highest BCUT2D eigenvalue weighted by atomic mass is 16.4. The third-order valence-corrected chi connectivity index (χ3v) is 3.51. The van der Waals surface area contributed by atoms with Crippen molar-refractivity contribution in [2.75, 3.05) is 18.0 Å². The van der Waals surface area contributed by atoms with E-state index in [9.17, 15) is 4.79 Å². The van der Waals surface area contributed by atoms with Crippen LogP contribution in [0.3, 0.4) is 0 Å². The van der Waals surface area contributed by atoms with Crippen LogP contribution in [0.15, 0.2) is 18.5 Å². The van der Waals surface area contributed by atoms with Gasteiger partial charge >= 0.3 is 5.97 Å². The minimum Gasteiger partial charge on any atom is -0.481 e. The normalized spacial score (nSPS) is 16.1. The van der Waals surface area contributed by atoms with Crippen molar-refractivity contribution in [1.29, 1.82) is 0 Å². The molecule has 0 atom stereocenters. The summed E-state index contributed by atoms with van der Waals surface area (Å²) in [5.74, 6) is 0.157. The maximum Gasteiger partial charge on any atom is 0.310 e. The number of hydrogen-bond acceptors (Lipinski definition) is 4. The molecule has 0 radical (unpaired) electrons. The molecule has 6 heteroatoms. The second-order valence-corrected chi connectivity index (χ2v) is 5.24. The van der Waals surface area contributed by atoms with Gasteiger partial charge in [0.2, 0.25) is 0 Å². The summed E-state index contributed by atoms with van der Waals surface area (Å²) >= 11 is 0. The monoisotopic (exact) mass is 260 g/mol. The van der Waals surface area contributed by atoms with Crippen LogP contribution >= 0.6 is 0 Å². The van der Waals surface area contributed by atoms with E-state index in [1.807, 2.05) is 21.7 Å². The number of fused-ring (bicyclic) bond motifs is 1. The lowest BCUT2D eigenvalue weighted by molar-refractivity contribution is -0.142. The van der Waals surface area contributed by atoms with E-state index in [1.54, 1.807) is 6.20 Å². The molecule has 1 aliphatic rings. The molecule has 3 heterocycles. The van der Waals surface area contributed by atoms with E-state index in [-0.39, 0.29) is 5.92 Å². The summed E-state index contributed by atoms with van der Waals surface area (Å²) in [6.07, 6.45) is 3.52. The molecule has 1 saturated heterocycles. The molecule has 0 unspecified atom stereocenters. The third-order valence-electron chi connectivity index (χ3n) is 3.51. The Labute approximate surface area is 110 Å². The average molecular weight is 260 g/mol. The van der Waals surface area contributed by atoms with Crippen LogP contribution < -0.4 is 4.90 Å². The van der Waals surface area contributed by atoms with Gasteiger partial charge in [-0.3, -0.25) is 4.79 Å². The topological polar surface area (TPSA) is 70.7 Å². The predicted octanol–water partition coefficient (Wildman–Crippen LogP) is 1.37. The molecular weight excluding hydrogens is 244 g/mol. The van der Waals surface area contributed by atoms with Crippen LogP contribution in [0, 0.1) is 5.92 Å². The lowest BCUT2D eigenvalue weighted by atomic mass is 10.0. The van der Waals surface area contributed by atoms with Gasteiger partial charge in [-0.05, 0) is 12.0 Å². The first-order valence-electron chi connectivity index (χ1n) is 6.38. The molecule has 0 saturated carbocycles. The molecule has 100 valence electrons. The van der Waals surface area contributed by atoms with Crippen molar-refractivity contribution >= 4 is 17.3 Å². The van der Waals surface area contributed by atoms with Crippen molar-refractivity contribution in [2.24, 2.45) is 5.92 Å². The SMILES string of the molecule is CC(C)c1cc2c(N3CC(C(=O)O)C3)nccn2n1. The average Bonchev–Trinajstić information content (AvgIpc) is 2.71. The van der Waals surface area contributed by atoms with Crippen molar-refractivity contribution in [3.63, 3.8) is 0 Å². The molecule has 0 aliphatic carbocycles. The molecule has 1 N–H and O–H groups in total. The van der Waals surface area contributed by atoms with Crippen LogP contribution in [0.25, 0.3) is 5.52 Å². The number of aliphatic carboxylic acids is 1. The first-order valence-corrected chi connectivity index (χ1v) is 6.38. The lowest BCUT2D eigenvalue weighted by Crippen LogP contribution is -2.50. The lowest BCUT2D eigenvalue weighted by Gasteiger charge is -2.37. The first kappa shape index (κ1) is 12.0. The fraction of sp³-hybridized carbons (Fsp3) is 0.462. The van der Waals surface area contributed by atoms with Gasteiger partial charge in [0.05, 0.1) is 11.6 Å². The highest BCUT2D eigenvalue weighted by Crippen LogP contribution is 2.28. The number of hydrogen-bond donors (Lipinski definition) is 1. The zero-order valence-electron chi connectivity index (χ0n) is 10.9. The Morgan fingerprint density at radius 3 is 2.84 bits per heavy atom. The number of carbonyl (C=O) groups is 1. The van der Waals surface area contributed by atoms with Crippen molar-refractivity contribution < 1.29 is 9.90 Å². The second kappa shape index (κ2) is 4.22. The summed E-state index contributed by atoms with van der Waals surface area (Å²) in [4.78, 5) is 17.2. The van der Waals surface area contributed by atoms with E-state index in [4.69, 9.17) is 5.11 Å². The van der Waals surface area contributed by atoms with Crippen molar-refractivity contribution in [1.82, 2.24) is 14.6 Å². The van der Waals surface area contributed by atoms with Crippen LogP contribution in [0.4, 0.5) is 5.82 Å². The first-order chi connectivity index (χ1) is 9.06. The Morgan fingerprint density at radius 2 is 2.21 bits per heavy atom. The second-order valence-electron chi connectivity index (χ2n) is 5.24. The van der Waals surface area contributed by atoms with Gasteiger partial charge in [-0.25, -0.2) is 9.50 Å². The Morgan fingerprint density at radius 1 is 1.47 bits per heavy atom. The van der Waals surface area contributed by atoms with Gasteiger partial charge in [-0.1, -0.05) is 13.8 Å². The zero-order valence-corrected chi connectivity index (χ0v) is 10.9.